The van der Waals surface area contributed by atoms with Crippen molar-refractivity contribution >= 4 is 13.8 Å². The van der Waals surface area contributed by atoms with E-state index >= 15 is 0 Å². The van der Waals surface area contributed by atoms with Crippen LogP contribution in [0.25, 0.3) is 0 Å². The highest BCUT2D eigenvalue weighted by atomic mass is 31.2. The Morgan fingerprint density at radius 3 is 1.34 bits per heavy atom. The zero-order chi connectivity index (χ0) is 46.7. The van der Waals surface area contributed by atoms with Crippen molar-refractivity contribution in [1.82, 2.24) is 0 Å². The summed E-state index contributed by atoms with van der Waals surface area (Å²) in [6, 6.07) is 0. The van der Waals surface area contributed by atoms with Crippen LogP contribution in [0.2, 0.25) is 0 Å². The second-order valence-corrected chi connectivity index (χ2v) is 18.3. The van der Waals surface area contributed by atoms with Crippen LogP contribution < -0.4 is 0 Å². The number of aliphatic hydroxyl groups excluding tert-OH is 2. The summed E-state index contributed by atoms with van der Waals surface area (Å²) in [7, 11) is -4.53. The molecule has 0 aliphatic heterocycles. The molecule has 9 nitrogen and oxygen atoms in total. The molecule has 64 heavy (non-hydrogen) atoms. The number of hydrogen-bond acceptors (Lipinski definition) is 8. The number of esters is 1. The van der Waals surface area contributed by atoms with Crippen LogP contribution in [0.15, 0.2) is 85.1 Å². The van der Waals surface area contributed by atoms with E-state index in [9.17, 15) is 19.4 Å². The standard InChI is InChI=1S/C54H95O9P/c1-3-5-7-9-11-13-15-17-19-21-23-25-26-27-28-30-32-34-36-38-40-42-44-46-54(57)63-53(51-62-64(58,59)61-49-52(56)48-55)50-60-47-45-43-41-39-37-35-33-31-29-24-22-20-18-16-14-12-10-8-6-4-2/h5,7,11-14,17-20,23,25,27-28,52-53,55-56H,3-4,6,8-10,15-16,21-22,24,26,29-51H2,1-2H3,(H,58,59)/b7-5-,13-11-,14-12-,19-17-,20-18-,25-23-,28-27-. The summed E-state index contributed by atoms with van der Waals surface area (Å²) in [6.45, 7) is 3.36. The molecule has 0 aliphatic carbocycles. The highest BCUT2D eigenvalue weighted by Crippen LogP contribution is 2.43. The summed E-state index contributed by atoms with van der Waals surface area (Å²) in [5, 5.41) is 18.4. The Morgan fingerprint density at radius 2 is 0.891 bits per heavy atom. The Morgan fingerprint density at radius 1 is 0.500 bits per heavy atom. The van der Waals surface area contributed by atoms with E-state index in [1.54, 1.807) is 0 Å². The molecule has 0 aromatic carbocycles. The Balaban J connectivity index is 4.13. The molecular weight excluding hydrogens is 824 g/mol. The molecule has 10 heteroatoms. The van der Waals surface area contributed by atoms with Crippen LogP contribution in [0, 0.1) is 0 Å². The number of allylic oxidation sites excluding steroid dienone is 14. The molecule has 0 rings (SSSR count). The second kappa shape index (κ2) is 50.1. The molecule has 0 aliphatic rings. The summed E-state index contributed by atoms with van der Waals surface area (Å²) in [6.07, 6.45) is 62.5. The van der Waals surface area contributed by atoms with E-state index in [1.165, 1.54) is 96.3 Å². The fraction of sp³-hybridized carbons (Fsp3) is 0.722. The van der Waals surface area contributed by atoms with Gasteiger partial charge in [-0.05, 0) is 89.9 Å². The van der Waals surface area contributed by atoms with Gasteiger partial charge in [0.15, 0.2) is 0 Å². The molecule has 0 radical (unpaired) electrons. The van der Waals surface area contributed by atoms with E-state index in [1.807, 2.05) is 0 Å². The topological polar surface area (TPSA) is 132 Å². The number of unbranched alkanes of at least 4 members (excludes halogenated alkanes) is 20. The van der Waals surface area contributed by atoms with Crippen molar-refractivity contribution < 1.29 is 43.0 Å². The van der Waals surface area contributed by atoms with Crippen molar-refractivity contribution in [2.24, 2.45) is 0 Å². The molecule has 370 valence electrons. The minimum Gasteiger partial charge on any atom is -0.457 e. The van der Waals surface area contributed by atoms with Crippen LogP contribution in [0.1, 0.15) is 206 Å². The number of ether oxygens (including phenoxy) is 2. The van der Waals surface area contributed by atoms with E-state index in [4.69, 9.17) is 23.6 Å². The molecule has 0 aromatic heterocycles. The SMILES string of the molecule is CC/C=C\C/C=C\C/C=C\C/C=C\C/C=C\CCCCCCCCCC(=O)OC(COCCCCCCCCCCCC/C=C\C/C=C\CCCCC)COP(=O)(O)OCC(O)CO. The van der Waals surface area contributed by atoms with Gasteiger partial charge in [-0.25, -0.2) is 4.57 Å². The molecule has 3 N–H and O–H groups in total. The van der Waals surface area contributed by atoms with Crippen LogP contribution in [0.3, 0.4) is 0 Å². The fourth-order valence-corrected chi connectivity index (χ4v) is 7.50. The second-order valence-electron chi connectivity index (χ2n) is 16.8. The van der Waals surface area contributed by atoms with Crippen molar-refractivity contribution in [3.05, 3.63) is 85.1 Å². The molecule has 0 spiro atoms. The smallest absolute Gasteiger partial charge is 0.457 e. The largest absolute Gasteiger partial charge is 0.472 e. The Bertz CT molecular complexity index is 1270. The van der Waals surface area contributed by atoms with Crippen molar-refractivity contribution in [2.75, 3.05) is 33.0 Å². The number of rotatable bonds is 48. The van der Waals surface area contributed by atoms with Gasteiger partial charge >= 0.3 is 13.8 Å². The summed E-state index contributed by atoms with van der Waals surface area (Å²) < 4.78 is 33.5. The molecular formula is C54H95O9P. The van der Waals surface area contributed by atoms with E-state index in [2.05, 4.69) is 98.9 Å². The first kappa shape index (κ1) is 61.6. The summed E-state index contributed by atoms with van der Waals surface area (Å²) in [4.78, 5) is 22.7. The lowest BCUT2D eigenvalue weighted by Gasteiger charge is -2.20. The van der Waals surface area contributed by atoms with Gasteiger partial charge < -0.3 is 24.6 Å². The minimum absolute atomic E-state index is 0.0383. The lowest BCUT2D eigenvalue weighted by Crippen LogP contribution is -2.29. The number of aliphatic hydroxyl groups is 2. The van der Waals surface area contributed by atoms with E-state index in [-0.39, 0.29) is 19.6 Å². The van der Waals surface area contributed by atoms with Crippen LogP contribution in [0.4, 0.5) is 0 Å². The van der Waals surface area contributed by atoms with E-state index < -0.39 is 39.2 Å². The number of phosphoric ester groups is 1. The molecule has 0 saturated heterocycles. The molecule has 3 atom stereocenters. The maximum atomic E-state index is 12.7. The Hall–Kier alpha value is -2.36. The van der Waals surface area contributed by atoms with Gasteiger partial charge in [-0.2, -0.15) is 0 Å². The van der Waals surface area contributed by atoms with Crippen LogP contribution in [-0.4, -0.2) is 66.3 Å². The van der Waals surface area contributed by atoms with Gasteiger partial charge in [-0.3, -0.25) is 13.8 Å². The van der Waals surface area contributed by atoms with E-state index in [0.717, 1.165) is 83.5 Å². The van der Waals surface area contributed by atoms with Gasteiger partial charge in [-0.15, -0.1) is 0 Å². The van der Waals surface area contributed by atoms with Crippen LogP contribution >= 0.6 is 7.82 Å². The zero-order valence-electron chi connectivity index (χ0n) is 40.7. The third-order valence-corrected chi connectivity index (χ3v) is 11.5. The highest BCUT2D eigenvalue weighted by Gasteiger charge is 2.26. The molecule has 3 unspecified atom stereocenters. The normalized spacial score (nSPS) is 14.5. The molecule has 0 amide bonds. The third-order valence-electron chi connectivity index (χ3n) is 10.6. The van der Waals surface area contributed by atoms with Gasteiger partial charge in [0.1, 0.15) is 12.2 Å². The van der Waals surface area contributed by atoms with Gasteiger partial charge in [-0.1, -0.05) is 195 Å². The zero-order valence-corrected chi connectivity index (χ0v) is 41.6. The van der Waals surface area contributed by atoms with Crippen molar-refractivity contribution in [1.29, 1.82) is 0 Å². The summed E-state index contributed by atoms with van der Waals surface area (Å²) in [5.41, 5.74) is 0. The van der Waals surface area contributed by atoms with Crippen molar-refractivity contribution in [2.45, 2.75) is 219 Å². The molecule has 0 bridgehead atoms. The first-order chi connectivity index (χ1) is 31.3. The first-order valence-corrected chi connectivity index (χ1v) is 27.1. The van der Waals surface area contributed by atoms with Gasteiger partial charge in [0, 0.05) is 13.0 Å². The van der Waals surface area contributed by atoms with Crippen molar-refractivity contribution in [3.63, 3.8) is 0 Å². The van der Waals surface area contributed by atoms with Crippen LogP contribution in [-0.2, 0) is 27.9 Å². The number of phosphoric acid groups is 1. The minimum atomic E-state index is -4.53. The average molecular weight is 919 g/mol. The lowest BCUT2D eigenvalue weighted by molar-refractivity contribution is -0.154. The maximum Gasteiger partial charge on any atom is 0.472 e. The Kier molecular flexibility index (Phi) is 48.2. The quantitative estimate of drug-likeness (QED) is 0.0236. The van der Waals surface area contributed by atoms with Crippen molar-refractivity contribution in [3.8, 4) is 0 Å². The maximum absolute atomic E-state index is 12.7. The van der Waals surface area contributed by atoms with Gasteiger partial charge in [0.2, 0.25) is 0 Å². The molecule has 0 saturated carbocycles. The monoisotopic (exact) mass is 919 g/mol. The summed E-state index contributed by atoms with van der Waals surface area (Å²) >= 11 is 0. The molecule has 0 heterocycles. The third kappa shape index (κ3) is 49.1. The molecule has 0 aromatic rings. The van der Waals surface area contributed by atoms with Gasteiger partial charge in [0.25, 0.3) is 0 Å². The van der Waals surface area contributed by atoms with E-state index in [0.29, 0.717) is 13.0 Å². The lowest BCUT2D eigenvalue weighted by atomic mass is 10.1. The number of carbonyl (C=O) groups is 1. The first-order valence-electron chi connectivity index (χ1n) is 25.6. The predicted molar refractivity (Wildman–Crippen MR) is 269 cm³/mol. The highest BCUT2D eigenvalue weighted by molar-refractivity contribution is 7.47. The van der Waals surface area contributed by atoms with Gasteiger partial charge in [0.05, 0.1) is 26.4 Å². The Labute approximate surface area is 392 Å². The summed E-state index contributed by atoms with van der Waals surface area (Å²) in [5.74, 6) is -0.396. The average Bonchev–Trinajstić information content (AvgIpc) is 3.29. The predicted octanol–water partition coefficient (Wildman–Crippen LogP) is 15.0. The van der Waals surface area contributed by atoms with Crippen LogP contribution in [0.5, 0.6) is 0 Å². The number of carbonyl (C=O) groups excluding carboxylic acids is 1. The number of hydrogen-bond donors (Lipinski definition) is 3. The molecule has 0 fully saturated rings. The fourth-order valence-electron chi connectivity index (χ4n) is 6.71.